The summed E-state index contributed by atoms with van der Waals surface area (Å²) in [7, 11) is -4.00. The van der Waals surface area contributed by atoms with E-state index in [1.54, 1.807) is 18.2 Å². The van der Waals surface area contributed by atoms with Crippen LogP contribution in [0, 0.1) is 0 Å². The lowest BCUT2D eigenvalue weighted by Gasteiger charge is -2.26. The van der Waals surface area contributed by atoms with Crippen LogP contribution in [0.15, 0.2) is 28.5 Å². The lowest BCUT2D eigenvalue weighted by molar-refractivity contribution is 0.376. The SMILES string of the molecule is C[Si](C)(C)COc1cccc2c1C=CS2(O)O. The fourth-order valence-corrected chi connectivity index (χ4v) is 3.44. The summed E-state index contributed by atoms with van der Waals surface area (Å²) >= 11 is 0. The average molecular weight is 270 g/mol. The molecular formula is C12H18O3SSi. The van der Waals surface area contributed by atoms with Gasteiger partial charge in [0.1, 0.15) is 5.75 Å². The first-order chi connectivity index (χ1) is 7.80. The van der Waals surface area contributed by atoms with Crippen molar-refractivity contribution in [2.45, 2.75) is 24.5 Å². The summed E-state index contributed by atoms with van der Waals surface area (Å²) in [6, 6.07) is 5.43. The number of benzene rings is 1. The highest BCUT2D eigenvalue weighted by atomic mass is 32.3. The van der Waals surface area contributed by atoms with Crippen molar-refractivity contribution < 1.29 is 13.8 Å². The van der Waals surface area contributed by atoms with Gasteiger partial charge in [-0.2, -0.15) is 0 Å². The van der Waals surface area contributed by atoms with Gasteiger partial charge in [0.25, 0.3) is 0 Å². The normalized spacial score (nSPS) is 18.9. The molecule has 1 aliphatic heterocycles. The second-order valence-electron chi connectivity index (χ2n) is 5.41. The number of rotatable bonds is 3. The fraction of sp³-hybridized carbons (Fsp3) is 0.333. The Bertz CT molecular complexity index is 463. The van der Waals surface area contributed by atoms with Gasteiger partial charge >= 0.3 is 0 Å². The first kappa shape index (κ1) is 12.7. The Hall–Kier alpha value is -0.753. The van der Waals surface area contributed by atoms with Crippen LogP contribution in [-0.4, -0.2) is 23.4 Å². The van der Waals surface area contributed by atoms with E-state index in [1.165, 1.54) is 5.41 Å². The van der Waals surface area contributed by atoms with E-state index in [4.69, 9.17) is 4.74 Å². The summed E-state index contributed by atoms with van der Waals surface area (Å²) in [6.07, 6.45) is 2.47. The molecule has 0 amide bonds. The molecule has 0 unspecified atom stereocenters. The minimum absolute atomic E-state index is 0.575. The monoisotopic (exact) mass is 270 g/mol. The molecule has 0 atom stereocenters. The van der Waals surface area contributed by atoms with Gasteiger partial charge < -0.3 is 4.74 Å². The Morgan fingerprint density at radius 3 is 2.59 bits per heavy atom. The molecule has 0 radical (unpaired) electrons. The lowest BCUT2D eigenvalue weighted by Crippen LogP contribution is -2.30. The third-order valence-corrected chi connectivity index (χ3v) is 4.96. The molecule has 0 bridgehead atoms. The molecule has 2 N–H and O–H groups in total. The van der Waals surface area contributed by atoms with Gasteiger partial charge in [-0.15, -0.1) is 10.6 Å². The van der Waals surface area contributed by atoms with Crippen molar-refractivity contribution in [3.05, 3.63) is 29.2 Å². The molecule has 1 aromatic rings. The molecule has 0 saturated heterocycles. The molecule has 0 spiro atoms. The quantitative estimate of drug-likeness (QED) is 0.815. The number of ether oxygens (including phenoxy) is 1. The summed E-state index contributed by atoms with van der Waals surface area (Å²) in [5.74, 6) is 0.749. The Morgan fingerprint density at radius 1 is 1.24 bits per heavy atom. The van der Waals surface area contributed by atoms with Gasteiger partial charge in [-0.05, 0) is 18.2 Å². The first-order valence-electron chi connectivity index (χ1n) is 5.52. The van der Waals surface area contributed by atoms with Crippen LogP contribution in [0.25, 0.3) is 6.08 Å². The van der Waals surface area contributed by atoms with Gasteiger partial charge in [0.05, 0.1) is 19.2 Å². The Morgan fingerprint density at radius 2 is 1.94 bits per heavy atom. The van der Waals surface area contributed by atoms with E-state index in [0.29, 0.717) is 4.90 Å². The number of hydrogen-bond acceptors (Lipinski definition) is 3. The van der Waals surface area contributed by atoms with Gasteiger partial charge in [-0.25, -0.2) is 0 Å². The van der Waals surface area contributed by atoms with E-state index in [1.807, 2.05) is 6.07 Å². The minimum atomic E-state index is -2.73. The second-order valence-corrected chi connectivity index (χ2v) is 12.7. The highest BCUT2D eigenvalue weighted by Crippen LogP contribution is 2.57. The number of hydrogen-bond donors (Lipinski definition) is 2. The largest absolute Gasteiger partial charge is 0.497 e. The molecule has 0 saturated carbocycles. The van der Waals surface area contributed by atoms with Gasteiger partial charge in [0.2, 0.25) is 0 Å². The Labute approximate surface area is 104 Å². The maximum absolute atomic E-state index is 9.80. The van der Waals surface area contributed by atoms with Crippen molar-refractivity contribution in [3.8, 4) is 5.75 Å². The third kappa shape index (κ3) is 2.74. The van der Waals surface area contributed by atoms with Crippen LogP contribution in [0.5, 0.6) is 5.75 Å². The zero-order valence-corrected chi connectivity index (χ0v) is 12.1. The molecule has 17 heavy (non-hydrogen) atoms. The van der Waals surface area contributed by atoms with Crippen molar-refractivity contribution in [2.24, 2.45) is 0 Å². The van der Waals surface area contributed by atoms with Crippen LogP contribution in [-0.2, 0) is 0 Å². The average Bonchev–Trinajstić information content (AvgIpc) is 2.52. The van der Waals surface area contributed by atoms with Crippen LogP contribution in [0.3, 0.4) is 0 Å². The van der Waals surface area contributed by atoms with E-state index in [-0.39, 0.29) is 0 Å². The van der Waals surface area contributed by atoms with Crippen molar-refractivity contribution in [3.63, 3.8) is 0 Å². The lowest BCUT2D eigenvalue weighted by atomic mass is 10.2. The van der Waals surface area contributed by atoms with Crippen molar-refractivity contribution in [1.82, 2.24) is 0 Å². The Kier molecular flexibility index (Phi) is 3.11. The fourth-order valence-electron chi connectivity index (χ4n) is 1.61. The maximum Gasteiger partial charge on any atom is 0.127 e. The first-order valence-corrected chi connectivity index (χ1v) is 10.8. The predicted molar refractivity (Wildman–Crippen MR) is 75.4 cm³/mol. The van der Waals surface area contributed by atoms with E-state index >= 15 is 0 Å². The molecular weight excluding hydrogens is 252 g/mol. The Balaban J connectivity index is 2.27. The molecule has 94 valence electrons. The van der Waals surface area contributed by atoms with Gasteiger partial charge in [-0.3, -0.25) is 9.11 Å². The zero-order chi connectivity index (χ0) is 12.7. The van der Waals surface area contributed by atoms with E-state index in [2.05, 4.69) is 19.6 Å². The summed E-state index contributed by atoms with van der Waals surface area (Å²) in [4.78, 5) is 0.575. The summed E-state index contributed by atoms with van der Waals surface area (Å²) in [5, 5.41) is 1.46. The van der Waals surface area contributed by atoms with Crippen LogP contribution < -0.4 is 4.74 Å². The van der Waals surface area contributed by atoms with Crippen LogP contribution in [0.2, 0.25) is 19.6 Å². The van der Waals surface area contributed by atoms with E-state index in [0.717, 1.165) is 17.5 Å². The van der Waals surface area contributed by atoms with Crippen LogP contribution in [0.1, 0.15) is 5.56 Å². The maximum atomic E-state index is 9.80. The molecule has 0 aliphatic carbocycles. The van der Waals surface area contributed by atoms with Crippen LogP contribution >= 0.6 is 10.6 Å². The van der Waals surface area contributed by atoms with Crippen molar-refractivity contribution in [1.29, 1.82) is 0 Å². The molecule has 5 heteroatoms. The van der Waals surface area contributed by atoms with Crippen LogP contribution in [0.4, 0.5) is 0 Å². The second kappa shape index (κ2) is 4.17. The molecule has 1 heterocycles. The van der Waals surface area contributed by atoms with E-state index in [9.17, 15) is 9.11 Å². The minimum Gasteiger partial charge on any atom is -0.497 e. The molecule has 3 nitrogen and oxygen atoms in total. The molecule has 2 rings (SSSR count). The summed E-state index contributed by atoms with van der Waals surface area (Å²) in [6.45, 7) is 6.71. The zero-order valence-electron chi connectivity index (χ0n) is 10.3. The highest BCUT2D eigenvalue weighted by Gasteiger charge is 2.24. The summed E-state index contributed by atoms with van der Waals surface area (Å²) in [5.41, 5.74) is 0.811. The standard InChI is InChI=1S/C12H18O3SSi/c1-17(2,3)9-15-11-5-4-6-12-10(11)7-8-16(12,13)14/h4-8,13-14H,9H2,1-3H3. The molecule has 0 aromatic heterocycles. The molecule has 1 aliphatic rings. The van der Waals surface area contributed by atoms with Crippen molar-refractivity contribution in [2.75, 3.05) is 6.23 Å². The smallest absolute Gasteiger partial charge is 0.127 e. The van der Waals surface area contributed by atoms with E-state index < -0.39 is 18.7 Å². The van der Waals surface area contributed by atoms with Crippen molar-refractivity contribution >= 4 is 24.7 Å². The third-order valence-electron chi connectivity index (χ3n) is 2.43. The van der Waals surface area contributed by atoms with Gasteiger partial charge in [0, 0.05) is 11.0 Å². The topological polar surface area (TPSA) is 49.7 Å². The number of fused-ring (bicyclic) bond motifs is 1. The molecule has 1 aromatic carbocycles. The summed E-state index contributed by atoms with van der Waals surface area (Å²) < 4.78 is 25.4. The predicted octanol–water partition coefficient (Wildman–Crippen LogP) is 4.04. The highest BCUT2D eigenvalue weighted by molar-refractivity contribution is 8.27. The molecule has 0 fully saturated rings. The van der Waals surface area contributed by atoms with Gasteiger partial charge in [-0.1, -0.05) is 25.7 Å². The van der Waals surface area contributed by atoms with Gasteiger partial charge in [0.15, 0.2) is 0 Å².